The molecule has 0 saturated carbocycles. The summed E-state index contributed by atoms with van der Waals surface area (Å²) in [5.74, 6) is 0.247. The van der Waals surface area contributed by atoms with E-state index in [0.29, 0.717) is 26.9 Å². The molecular weight excluding hydrogens is 358 g/mol. The van der Waals surface area contributed by atoms with Gasteiger partial charge in [0.15, 0.2) is 0 Å². The molecule has 1 amide bonds. The number of amides is 1. The Kier molecular flexibility index (Phi) is 5.39. The summed E-state index contributed by atoms with van der Waals surface area (Å²) in [6, 6.07) is 7.56. The SMILES string of the molecule is COc1cccc(/C=C\C(=O)Nc2sc3c(c2C#N)CCNC3)c1Cl. The average Bonchev–Trinajstić information content (AvgIpc) is 2.97. The number of nitrogens with zero attached hydrogens (tertiary/aromatic N) is 1. The molecule has 2 aromatic rings. The van der Waals surface area contributed by atoms with Gasteiger partial charge in [-0.15, -0.1) is 11.3 Å². The number of ether oxygens (including phenoxy) is 1. The zero-order valence-corrected chi connectivity index (χ0v) is 15.1. The number of halogens is 1. The van der Waals surface area contributed by atoms with Gasteiger partial charge in [-0.05, 0) is 36.2 Å². The highest BCUT2D eigenvalue weighted by atomic mass is 35.5. The highest BCUT2D eigenvalue weighted by molar-refractivity contribution is 7.16. The van der Waals surface area contributed by atoms with E-state index >= 15 is 0 Å². The van der Waals surface area contributed by atoms with E-state index in [1.54, 1.807) is 24.3 Å². The van der Waals surface area contributed by atoms with Crippen molar-refractivity contribution in [1.82, 2.24) is 5.32 Å². The van der Waals surface area contributed by atoms with E-state index in [2.05, 4.69) is 16.7 Å². The van der Waals surface area contributed by atoms with Crippen molar-refractivity contribution >= 4 is 39.9 Å². The first kappa shape index (κ1) is 17.5. The lowest BCUT2D eigenvalue weighted by atomic mass is 10.1. The highest BCUT2D eigenvalue weighted by Crippen LogP contribution is 2.35. The molecule has 2 heterocycles. The van der Waals surface area contributed by atoms with Gasteiger partial charge in [0.25, 0.3) is 0 Å². The highest BCUT2D eigenvalue weighted by Gasteiger charge is 2.21. The van der Waals surface area contributed by atoms with Gasteiger partial charge in [0.2, 0.25) is 5.91 Å². The molecule has 2 N–H and O–H groups in total. The van der Waals surface area contributed by atoms with Crippen LogP contribution in [-0.4, -0.2) is 19.6 Å². The van der Waals surface area contributed by atoms with Crippen molar-refractivity contribution < 1.29 is 9.53 Å². The summed E-state index contributed by atoms with van der Waals surface area (Å²) in [7, 11) is 1.54. The van der Waals surface area contributed by atoms with Crippen LogP contribution in [0.1, 0.15) is 21.6 Å². The minimum atomic E-state index is -0.304. The monoisotopic (exact) mass is 373 g/mol. The second kappa shape index (κ2) is 7.70. The van der Waals surface area contributed by atoms with E-state index in [-0.39, 0.29) is 5.91 Å². The summed E-state index contributed by atoms with van der Waals surface area (Å²) in [5, 5.41) is 16.5. The molecule has 0 saturated heterocycles. The van der Waals surface area contributed by atoms with Crippen LogP contribution in [0.5, 0.6) is 5.75 Å². The fraction of sp³-hybridized carbons (Fsp3) is 0.222. The number of carbonyl (C=O) groups excluding carboxylic acids is 1. The largest absolute Gasteiger partial charge is 0.495 e. The molecule has 1 aliphatic rings. The van der Waals surface area contributed by atoms with Crippen LogP contribution in [0.25, 0.3) is 6.08 Å². The smallest absolute Gasteiger partial charge is 0.249 e. The predicted octanol–water partition coefficient (Wildman–Crippen LogP) is 3.58. The van der Waals surface area contributed by atoms with Crippen LogP contribution in [0.3, 0.4) is 0 Å². The standard InChI is InChI=1S/C18H16ClN3O2S/c1-24-14-4-2-3-11(17(14)19)5-6-16(23)22-18-13(9-20)12-7-8-21-10-15(12)25-18/h2-6,21H,7-8,10H2,1H3,(H,22,23)/b6-5-. The van der Waals surface area contributed by atoms with Crippen molar-refractivity contribution in [3.63, 3.8) is 0 Å². The molecule has 1 aromatic carbocycles. The topological polar surface area (TPSA) is 74.1 Å². The number of carbonyl (C=O) groups is 1. The van der Waals surface area contributed by atoms with Crippen LogP contribution in [0.4, 0.5) is 5.00 Å². The third-order valence-electron chi connectivity index (χ3n) is 3.90. The molecule has 0 aliphatic carbocycles. The number of thiophene rings is 1. The van der Waals surface area contributed by atoms with E-state index in [9.17, 15) is 10.1 Å². The normalized spacial score (nSPS) is 13.3. The number of benzene rings is 1. The first-order chi connectivity index (χ1) is 12.1. The molecule has 0 bridgehead atoms. The first-order valence-corrected chi connectivity index (χ1v) is 8.90. The van der Waals surface area contributed by atoms with Crippen molar-refractivity contribution in [2.24, 2.45) is 0 Å². The van der Waals surface area contributed by atoms with Gasteiger partial charge in [-0.1, -0.05) is 23.7 Å². The van der Waals surface area contributed by atoms with Crippen molar-refractivity contribution in [2.75, 3.05) is 19.0 Å². The fourth-order valence-corrected chi connectivity index (χ4v) is 4.11. The van der Waals surface area contributed by atoms with Crippen molar-refractivity contribution in [3.05, 3.63) is 50.9 Å². The summed E-state index contributed by atoms with van der Waals surface area (Å²) < 4.78 is 5.16. The van der Waals surface area contributed by atoms with Gasteiger partial charge in [-0.2, -0.15) is 5.26 Å². The molecule has 0 radical (unpaired) electrons. The van der Waals surface area contributed by atoms with Gasteiger partial charge in [0, 0.05) is 17.5 Å². The molecule has 7 heteroatoms. The maximum Gasteiger partial charge on any atom is 0.249 e. The molecule has 128 valence electrons. The summed E-state index contributed by atoms with van der Waals surface area (Å²) >= 11 is 7.66. The maximum absolute atomic E-state index is 12.2. The molecular formula is C18H16ClN3O2S. The minimum Gasteiger partial charge on any atom is -0.495 e. The molecule has 5 nitrogen and oxygen atoms in total. The molecule has 0 unspecified atom stereocenters. The number of fused-ring (bicyclic) bond motifs is 1. The third-order valence-corrected chi connectivity index (χ3v) is 5.46. The van der Waals surface area contributed by atoms with Crippen LogP contribution in [0.2, 0.25) is 5.02 Å². The Hall–Kier alpha value is -2.33. The molecule has 3 rings (SSSR count). The van der Waals surface area contributed by atoms with E-state index in [0.717, 1.165) is 30.0 Å². The fourth-order valence-electron chi connectivity index (χ4n) is 2.67. The molecule has 1 aromatic heterocycles. The number of nitrogens with one attached hydrogen (secondary N) is 2. The number of nitriles is 1. The van der Waals surface area contributed by atoms with Gasteiger partial charge in [-0.25, -0.2) is 0 Å². The lowest BCUT2D eigenvalue weighted by molar-refractivity contribution is -0.111. The molecule has 0 fully saturated rings. The first-order valence-electron chi connectivity index (χ1n) is 7.71. The molecule has 0 atom stereocenters. The van der Waals surface area contributed by atoms with Crippen molar-refractivity contribution in [3.8, 4) is 11.8 Å². The van der Waals surface area contributed by atoms with Gasteiger partial charge in [-0.3, -0.25) is 4.79 Å². The number of methoxy groups -OCH3 is 1. The Morgan fingerprint density at radius 2 is 2.36 bits per heavy atom. The zero-order valence-electron chi connectivity index (χ0n) is 13.6. The number of hydrogen-bond donors (Lipinski definition) is 2. The summed E-state index contributed by atoms with van der Waals surface area (Å²) in [5.41, 5.74) is 2.30. The van der Waals surface area contributed by atoms with Crippen molar-refractivity contribution in [2.45, 2.75) is 13.0 Å². The van der Waals surface area contributed by atoms with Crippen LogP contribution in [0, 0.1) is 11.3 Å². The van der Waals surface area contributed by atoms with E-state index in [1.807, 2.05) is 0 Å². The van der Waals surface area contributed by atoms with Crippen LogP contribution in [-0.2, 0) is 17.8 Å². The lowest BCUT2D eigenvalue weighted by Gasteiger charge is -2.11. The number of hydrogen-bond acceptors (Lipinski definition) is 5. The predicted molar refractivity (Wildman–Crippen MR) is 100 cm³/mol. The van der Waals surface area contributed by atoms with Crippen LogP contribution in [0.15, 0.2) is 24.3 Å². The maximum atomic E-state index is 12.2. The Balaban J connectivity index is 1.78. The molecule has 0 spiro atoms. The second-order valence-corrected chi connectivity index (χ2v) is 6.92. The number of anilines is 1. The minimum absolute atomic E-state index is 0.304. The quantitative estimate of drug-likeness (QED) is 0.803. The summed E-state index contributed by atoms with van der Waals surface area (Å²) in [6.07, 6.45) is 3.83. The summed E-state index contributed by atoms with van der Waals surface area (Å²) in [6.45, 7) is 1.58. The van der Waals surface area contributed by atoms with Crippen molar-refractivity contribution in [1.29, 1.82) is 5.26 Å². The second-order valence-electron chi connectivity index (χ2n) is 5.43. The third kappa shape index (κ3) is 3.69. The van der Waals surface area contributed by atoms with E-state index < -0.39 is 0 Å². The van der Waals surface area contributed by atoms with E-state index in [1.165, 1.54) is 24.5 Å². The Morgan fingerprint density at radius 3 is 3.12 bits per heavy atom. The Labute approximate surface area is 154 Å². The van der Waals surface area contributed by atoms with Gasteiger partial charge in [0.05, 0.1) is 17.7 Å². The van der Waals surface area contributed by atoms with Gasteiger partial charge >= 0.3 is 0 Å². The van der Waals surface area contributed by atoms with E-state index in [4.69, 9.17) is 16.3 Å². The Morgan fingerprint density at radius 1 is 1.52 bits per heavy atom. The average molecular weight is 374 g/mol. The van der Waals surface area contributed by atoms with Gasteiger partial charge in [0.1, 0.15) is 16.8 Å². The van der Waals surface area contributed by atoms with Crippen LogP contribution < -0.4 is 15.4 Å². The molecule has 1 aliphatic heterocycles. The zero-order chi connectivity index (χ0) is 17.8. The Bertz CT molecular complexity index is 883. The lowest BCUT2D eigenvalue weighted by Crippen LogP contribution is -2.22. The summed E-state index contributed by atoms with van der Waals surface area (Å²) in [4.78, 5) is 13.4. The molecule has 25 heavy (non-hydrogen) atoms. The van der Waals surface area contributed by atoms with Crippen LogP contribution >= 0.6 is 22.9 Å². The number of rotatable bonds is 4. The van der Waals surface area contributed by atoms with Gasteiger partial charge < -0.3 is 15.4 Å².